The van der Waals surface area contributed by atoms with E-state index in [0.717, 1.165) is 17.4 Å². The lowest BCUT2D eigenvalue weighted by Gasteiger charge is -2.14. The third kappa shape index (κ3) is 4.80. The highest BCUT2D eigenvalue weighted by Crippen LogP contribution is 2.20. The van der Waals surface area contributed by atoms with Gasteiger partial charge in [0.1, 0.15) is 12.4 Å². The molecule has 0 bridgehead atoms. The standard InChI is InChI=1S/C25H24N4O2/c1-2-18-12-14-20(15-13-18)27-23(30)17-29-22-11-7-6-10-21(22)24(28-25(29)31)26-16-19-8-4-3-5-9-19/h3-15H,2,16-17H2,1H3,(H,27,30)(H,26,28,31). The van der Waals surface area contributed by atoms with Crippen LogP contribution in [0.1, 0.15) is 18.1 Å². The lowest BCUT2D eigenvalue weighted by molar-refractivity contribution is -0.116. The number of aromatic nitrogens is 2. The fourth-order valence-electron chi connectivity index (χ4n) is 3.47. The lowest BCUT2D eigenvalue weighted by Crippen LogP contribution is -2.30. The first-order valence-corrected chi connectivity index (χ1v) is 10.3. The number of rotatable bonds is 7. The van der Waals surface area contributed by atoms with E-state index in [-0.39, 0.29) is 12.5 Å². The number of fused-ring (bicyclic) bond motifs is 1. The van der Waals surface area contributed by atoms with Crippen molar-refractivity contribution in [3.8, 4) is 0 Å². The molecule has 4 rings (SSSR count). The number of benzene rings is 3. The molecule has 0 saturated heterocycles. The summed E-state index contributed by atoms with van der Waals surface area (Å²) in [6.45, 7) is 2.52. The SMILES string of the molecule is CCc1ccc(NC(=O)Cn2c(=O)nc(NCc3ccccc3)c3ccccc32)cc1. The van der Waals surface area contributed by atoms with Gasteiger partial charge in [0.25, 0.3) is 0 Å². The summed E-state index contributed by atoms with van der Waals surface area (Å²) in [5.41, 5.74) is 3.18. The van der Waals surface area contributed by atoms with Crippen LogP contribution in [0.5, 0.6) is 0 Å². The van der Waals surface area contributed by atoms with Crippen molar-refractivity contribution >= 4 is 28.3 Å². The van der Waals surface area contributed by atoms with Gasteiger partial charge < -0.3 is 10.6 Å². The molecule has 1 heterocycles. The quantitative estimate of drug-likeness (QED) is 0.477. The predicted octanol–water partition coefficient (Wildman–Crippen LogP) is 4.21. The molecule has 0 aliphatic heterocycles. The van der Waals surface area contributed by atoms with E-state index in [2.05, 4.69) is 22.5 Å². The molecule has 0 radical (unpaired) electrons. The van der Waals surface area contributed by atoms with E-state index in [1.165, 1.54) is 10.1 Å². The van der Waals surface area contributed by atoms with Crippen LogP contribution in [0.3, 0.4) is 0 Å². The highest BCUT2D eigenvalue weighted by atomic mass is 16.2. The molecule has 0 saturated carbocycles. The summed E-state index contributed by atoms with van der Waals surface area (Å²) in [7, 11) is 0. The van der Waals surface area contributed by atoms with Crippen LogP contribution < -0.4 is 16.3 Å². The summed E-state index contributed by atoms with van der Waals surface area (Å²) < 4.78 is 1.40. The number of amides is 1. The Kier molecular flexibility index (Phi) is 6.08. The molecule has 0 aliphatic rings. The molecule has 156 valence electrons. The summed E-state index contributed by atoms with van der Waals surface area (Å²) in [4.78, 5) is 29.6. The molecule has 0 spiro atoms. The number of carbonyl (C=O) groups is 1. The maximum absolute atomic E-state index is 12.8. The normalized spacial score (nSPS) is 10.7. The maximum atomic E-state index is 12.8. The van der Waals surface area contributed by atoms with Gasteiger partial charge in [-0.2, -0.15) is 4.98 Å². The van der Waals surface area contributed by atoms with Crippen molar-refractivity contribution in [1.29, 1.82) is 0 Å². The Labute approximate surface area is 180 Å². The summed E-state index contributed by atoms with van der Waals surface area (Å²) in [6, 6.07) is 25.1. The van der Waals surface area contributed by atoms with Crippen molar-refractivity contribution in [2.45, 2.75) is 26.4 Å². The van der Waals surface area contributed by atoms with Crippen molar-refractivity contribution in [3.05, 3.63) is 100 Å². The first-order chi connectivity index (χ1) is 15.1. The molecule has 6 heteroatoms. The molecule has 1 aromatic heterocycles. The smallest absolute Gasteiger partial charge is 0.350 e. The molecule has 31 heavy (non-hydrogen) atoms. The van der Waals surface area contributed by atoms with E-state index >= 15 is 0 Å². The van der Waals surface area contributed by atoms with Crippen LogP contribution in [-0.4, -0.2) is 15.5 Å². The Morgan fingerprint density at radius 1 is 0.903 bits per heavy atom. The zero-order valence-electron chi connectivity index (χ0n) is 17.3. The van der Waals surface area contributed by atoms with E-state index in [9.17, 15) is 9.59 Å². The lowest BCUT2D eigenvalue weighted by atomic mass is 10.1. The van der Waals surface area contributed by atoms with E-state index in [0.29, 0.717) is 23.6 Å². The van der Waals surface area contributed by atoms with Gasteiger partial charge >= 0.3 is 5.69 Å². The predicted molar refractivity (Wildman–Crippen MR) is 124 cm³/mol. The highest BCUT2D eigenvalue weighted by molar-refractivity contribution is 5.93. The zero-order valence-corrected chi connectivity index (χ0v) is 17.3. The van der Waals surface area contributed by atoms with Gasteiger partial charge in [0.15, 0.2) is 0 Å². The molecule has 2 N–H and O–H groups in total. The van der Waals surface area contributed by atoms with Crippen molar-refractivity contribution in [1.82, 2.24) is 9.55 Å². The van der Waals surface area contributed by atoms with Crippen molar-refractivity contribution in [2.24, 2.45) is 0 Å². The van der Waals surface area contributed by atoms with Crippen LogP contribution in [0.2, 0.25) is 0 Å². The fraction of sp³-hybridized carbons (Fsp3) is 0.160. The van der Waals surface area contributed by atoms with Crippen LogP contribution in [-0.2, 0) is 24.3 Å². The minimum Gasteiger partial charge on any atom is -0.365 e. The monoisotopic (exact) mass is 412 g/mol. The van der Waals surface area contributed by atoms with Crippen LogP contribution >= 0.6 is 0 Å². The number of hydrogen-bond acceptors (Lipinski definition) is 4. The minimum atomic E-state index is -0.467. The highest BCUT2D eigenvalue weighted by Gasteiger charge is 2.13. The second-order valence-corrected chi connectivity index (χ2v) is 7.28. The number of anilines is 2. The van der Waals surface area contributed by atoms with Gasteiger partial charge in [0, 0.05) is 17.6 Å². The molecular weight excluding hydrogens is 388 g/mol. The Morgan fingerprint density at radius 3 is 2.35 bits per heavy atom. The molecule has 4 aromatic rings. The Bertz CT molecular complexity index is 1250. The number of nitrogens with one attached hydrogen (secondary N) is 2. The summed E-state index contributed by atoms with van der Waals surface area (Å²) in [5.74, 6) is 0.236. The number of aryl methyl sites for hydroxylation is 1. The Morgan fingerprint density at radius 2 is 1.61 bits per heavy atom. The van der Waals surface area contributed by atoms with Gasteiger partial charge in [-0.3, -0.25) is 9.36 Å². The molecule has 6 nitrogen and oxygen atoms in total. The molecule has 0 atom stereocenters. The average molecular weight is 412 g/mol. The maximum Gasteiger partial charge on any atom is 0.350 e. The van der Waals surface area contributed by atoms with Crippen molar-refractivity contribution in [3.63, 3.8) is 0 Å². The largest absolute Gasteiger partial charge is 0.365 e. The van der Waals surface area contributed by atoms with Crippen molar-refractivity contribution < 1.29 is 4.79 Å². The van der Waals surface area contributed by atoms with Gasteiger partial charge in [-0.05, 0) is 41.8 Å². The Hall–Kier alpha value is -3.93. The van der Waals surface area contributed by atoms with Gasteiger partial charge in [-0.25, -0.2) is 4.79 Å². The number of para-hydroxylation sites is 1. The van der Waals surface area contributed by atoms with Gasteiger partial charge in [-0.15, -0.1) is 0 Å². The third-order valence-electron chi connectivity index (χ3n) is 5.14. The summed E-state index contributed by atoms with van der Waals surface area (Å²) >= 11 is 0. The molecule has 0 unspecified atom stereocenters. The summed E-state index contributed by atoms with van der Waals surface area (Å²) in [5, 5.41) is 6.89. The van der Waals surface area contributed by atoms with E-state index in [4.69, 9.17) is 0 Å². The van der Waals surface area contributed by atoms with Crippen LogP contribution in [0.4, 0.5) is 11.5 Å². The van der Waals surface area contributed by atoms with Crippen LogP contribution in [0.15, 0.2) is 83.7 Å². The Balaban J connectivity index is 1.57. The minimum absolute atomic E-state index is 0.110. The topological polar surface area (TPSA) is 76.0 Å². The molecule has 0 fully saturated rings. The zero-order chi connectivity index (χ0) is 21.6. The van der Waals surface area contributed by atoms with Gasteiger partial charge in [0.2, 0.25) is 5.91 Å². The van der Waals surface area contributed by atoms with Gasteiger partial charge in [0.05, 0.1) is 5.52 Å². The van der Waals surface area contributed by atoms with Crippen molar-refractivity contribution in [2.75, 3.05) is 10.6 Å². The molecular formula is C25H24N4O2. The summed E-state index contributed by atoms with van der Waals surface area (Å²) in [6.07, 6.45) is 0.936. The van der Waals surface area contributed by atoms with E-state index in [1.807, 2.05) is 78.9 Å². The van der Waals surface area contributed by atoms with Gasteiger partial charge in [-0.1, -0.05) is 61.5 Å². The number of hydrogen-bond donors (Lipinski definition) is 2. The first kappa shape index (κ1) is 20.3. The first-order valence-electron chi connectivity index (χ1n) is 10.3. The molecule has 1 amide bonds. The van der Waals surface area contributed by atoms with E-state index in [1.54, 1.807) is 0 Å². The third-order valence-corrected chi connectivity index (χ3v) is 5.14. The second-order valence-electron chi connectivity index (χ2n) is 7.28. The number of nitrogens with zero attached hydrogens (tertiary/aromatic N) is 2. The fourth-order valence-corrected chi connectivity index (χ4v) is 3.47. The second kappa shape index (κ2) is 9.26. The average Bonchev–Trinajstić information content (AvgIpc) is 2.81. The van der Waals surface area contributed by atoms with Crippen LogP contribution in [0, 0.1) is 0 Å². The number of carbonyl (C=O) groups excluding carboxylic acids is 1. The van der Waals surface area contributed by atoms with E-state index < -0.39 is 5.69 Å². The van der Waals surface area contributed by atoms with Crippen LogP contribution in [0.25, 0.3) is 10.9 Å². The molecule has 3 aromatic carbocycles. The molecule has 0 aliphatic carbocycles.